The van der Waals surface area contributed by atoms with Gasteiger partial charge in [0.1, 0.15) is 0 Å². The van der Waals surface area contributed by atoms with Crippen molar-refractivity contribution in [2.45, 2.75) is 6.42 Å². The number of halogens is 1. The maximum absolute atomic E-state index is 11.5. The first kappa shape index (κ1) is 13.5. The van der Waals surface area contributed by atoms with Crippen LogP contribution in [-0.4, -0.2) is 34.4 Å². The molecule has 19 heavy (non-hydrogen) atoms. The Bertz CT molecular complexity index is 571. The van der Waals surface area contributed by atoms with Crippen LogP contribution in [0.1, 0.15) is 22.1 Å². The molecule has 0 radical (unpaired) electrons. The highest BCUT2D eigenvalue weighted by Crippen LogP contribution is 2.14. The van der Waals surface area contributed by atoms with E-state index in [1.807, 2.05) is 12.1 Å². The topological polar surface area (TPSA) is 88.2 Å². The summed E-state index contributed by atoms with van der Waals surface area (Å²) in [5.41, 5.74) is 0.915. The van der Waals surface area contributed by atoms with Gasteiger partial charge >= 0.3 is 11.8 Å². The quantitative estimate of drug-likeness (QED) is 0.855. The first-order valence-electron chi connectivity index (χ1n) is 5.65. The SMILES string of the molecule is O=C(NCCO)c1nnc(Cc2cccc(Cl)c2)o1. The summed E-state index contributed by atoms with van der Waals surface area (Å²) in [4.78, 5) is 11.5. The minimum atomic E-state index is -0.501. The molecule has 2 rings (SSSR count). The average molecular weight is 282 g/mol. The van der Waals surface area contributed by atoms with Gasteiger partial charge in [-0.3, -0.25) is 4.79 Å². The van der Waals surface area contributed by atoms with Gasteiger partial charge in [0, 0.05) is 11.6 Å². The third-order valence-corrected chi connectivity index (χ3v) is 2.54. The summed E-state index contributed by atoms with van der Waals surface area (Å²) in [5, 5.41) is 19.1. The van der Waals surface area contributed by atoms with Crippen LogP contribution in [0.25, 0.3) is 0 Å². The second-order valence-corrected chi connectivity index (χ2v) is 4.22. The number of hydrogen-bond donors (Lipinski definition) is 2. The van der Waals surface area contributed by atoms with Crippen LogP contribution < -0.4 is 5.32 Å². The lowest BCUT2D eigenvalue weighted by molar-refractivity contribution is 0.0908. The van der Waals surface area contributed by atoms with E-state index in [4.69, 9.17) is 21.1 Å². The van der Waals surface area contributed by atoms with E-state index in [0.29, 0.717) is 17.3 Å². The molecule has 2 aromatic rings. The average Bonchev–Trinajstić information content (AvgIpc) is 2.84. The van der Waals surface area contributed by atoms with Gasteiger partial charge < -0.3 is 14.8 Å². The van der Waals surface area contributed by atoms with Crippen molar-refractivity contribution in [2.75, 3.05) is 13.2 Å². The molecule has 0 unspecified atom stereocenters. The lowest BCUT2D eigenvalue weighted by atomic mass is 10.1. The fraction of sp³-hybridized carbons (Fsp3) is 0.250. The van der Waals surface area contributed by atoms with Crippen LogP contribution in [0.3, 0.4) is 0 Å². The molecule has 0 aliphatic carbocycles. The Morgan fingerprint density at radius 2 is 2.26 bits per heavy atom. The molecule has 1 aromatic heterocycles. The van der Waals surface area contributed by atoms with Crippen molar-refractivity contribution in [2.24, 2.45) is 0 Å². The third-order valence-electron chi connectivity index (χ3n) is 2.30. The van der Waals surface area contributed by atoms with Gasteiger partial charge in [0.15, 0.2) is 0 Å². The van der Waals surface area contributed by atoms with Gasteiger partial charge in [-0.2, -0.15) is 0 Å². The Balaban J connectivity index is 2.03. The minimum Gasteiger partial charge on any atom is -0.417 e. The van der Waals surface area contributed by atoms with Crippen molar-refractivity contribution in [3.05, 3.63) is 46.6 Å². The lowest BCUT2D eigenvalue weighted by Gasteiger charge is -1.98. The number of carbonyl (C=O) groups excluding carboxylic acids is 1. The number of amides is 1. The van der Waals surface area contributed by atoms with Crippen LogP contribution in [0.15, 0.2) is 28.7 Å². The van der Waals surface area contributed by atoms with Gasteiger partial charge in [0.25, 0.3) is 0 Å². The maximum Gasteiger partial charge on any atom is 0.308 e. The zero-order chi connectivity index (χ0) is 13.7. The fourth-order valence-electron chi connectivity index (χ4n) is 1.48. The summed E-state index contributed by atoms with van der Waals surface area (Å²) < 4.78 is 5.23. The van der Waals surface area contributed by atoms with E-state index in [1.165, 1.54) is 0 Å². The highest BCUT2D eigenvalue weighted by atomic mass is 35.5. The van der Waals surface area contributed by atoms with Crippen LogP contribution >= 0.6 is 11.6 Å². The monoisotopic (exact) mass is 281 g/mol. The molecule has 0 spiro atoms. The lowest BCUT2D eigenvalue weighted by Crippen LogP contribution is -2.26. The molecular weight excluding hydrogens is 270 g/mol. The minimum absolute atomic E-state index is 0.120. The fourth-order valence-corrected chi connectivity index (χ4v) is 1.70. The molecule has 1 heterocycles. The molecule has 0 bridgehead atoms. The van der Waals surface area contributed by atoms with Gasteiger partial charge in [-0.05, 0) is 17.7 Å². The van der Waals surface area contributed by atoms with Gasteiger partial charge in [0.05, 0.1) is 13.0 Å². The number of benzene rings is 1. The Labute approximate surface area is 114 Å². The molecule has 7 heteroatoms. The number of aromatic nitrogens is 2. The highest BCUT2D eigenvalue weighted by molar-refractivity contribution is 6.30. The Hall–Kier alpha value is -1.92. The number of nitrogens with zero attached hydrogens (tertiary/aromatic N) is 2. The van der Waals surface area contributed by atoms with Crippen LogP contribution in [0.5, 0.6) is 0 Å². The predicted molar refractivity (Wildman–Crippen MR) is 68.0 cm³/mol. The molecule has 0 saturated heterocycles. The molecule has 6 nitrogen and oxygen atoms in total. The van der Waals surface area contributed by atoms with E-state index >= 15 is 0 Å². The first-order chi connectivity index (χ1) is 9.19. The number of aliphatic hydroxyl groups is 1. The van der Waals surface area contributed by atoms with Crippen molar-refractivity contribution in [1.29, 1.82) is 0 Å². The Kier molecular flexibility index (Phi) is 4.48. The molecule has 1 aromatic carbocycles. The second-order valence-electron chi connectivity index (χ2n) is 3.79. The van der Waals surface area contributed by atoms with E-state index < -0.39 is 5.91 Å². The van der Waals surface area contributed by atoms with E-state index in [-0.39, 0.29) is 19.0 Å². The first-order valence-corrected chi connectivity index (χ1v) is 6.02. The van der Waals surface area contributed by atoms with E-state index in [1.54, 1.807) is 12.1 Å². The zero-order valence-corrected chi connectivity index (χ0v) is 10.7. The molecule has 0 saturated carbocycles. The van der Waals surface area contributed by atoms with Crippen molar-refractivity contribution in [3.8, 4) is 0 Å². The molecule has 0 fully saturated rings. The summed E-state index contributed by atoms with van der Waals surface area (Å²) in [7, 11) is 0. The van der Waals surface area contributed by atoms with Gasteiger partial charge in [-0.25, -0.2) is 0 Å². The Morgan fingerprint density at radius 1 is 1.42 bits per heavy atom. The molecular formula is C12H12ClN3O3. The number of hydrogen-bond acceptors (Lipinski definition) is 5. The van der Waals surface area contributed by atoms with Crippen LogP contribution in [-0.2, 0) is 6.42 Å². The highest BCUT2D eigenvalue weighted by Gasteiger charge is 2.14. The summed E-state index contributed by atoms with van der Waals surface area (Å²) in [6.07, 6.45) is 0.404. The third kappa shape index (κ3) is 3.77. The summed E-state index contributed by atoms with van der Waals surface area (Å²) in [5.74, 6) is -0.291. The standard InChI is InChI=1S/C12H12ClN3O3/c13-9-3-1-2-8(6-9)7-10-15-16-12(19-10)11(18)14-4-5-17/h1-3,6,17H,4-5,7H2,(H,14,18). The molecule has 2 N–H and O–H groups in total. The number of rotatable bonds is 5. The van der Waals surface area contributed by atoms with E-state index in [0.717, 1.165) is 5.56 Å². The van der Waals surface area contributed by atoms with Gasteiger partial charge in [-0.15, -0.1) is 10.2 Å². The zero-order valence-electron chi connectivity index (χ0n) is 9.97. The number of aliphatic hydroxyl groups excluding tert-OH is 1. The molecule has 0 aliphatic rings. The molecule has 0 aliphatic heterocycles. The normalized spacial score (nSPS) is 10.4. The molecule has 0 atom stereocenters. The Morgan fingerprint density at radius 3 is 3.00 bits per heavy atom. The summed E-state index contributed by atoms with van der Waals surface area (Å²) >= 11 is 5.87. The maximum atomic E-state index is 11.5. The van der Waals surface area contributed by atoms with E-state index in [9.17, 15) is 4.79 Å². The molecule has 100 valence electrons. The predicted octanol–water partition coefficient (Wildman–Crippen LogP) is 1.04. The van der Waals surface area contributed by atoms with Crippen molar-refractivity contribution < 1.29 is 14.3 Å². The summed E-state index contributed by atoms with van der Waals surface area (Å²) in [6.45, 7) is 0.0000879. The van der Waals surface area contributed by atoms with Gasteiger partial charge in [-0.1, -0.05) is 23.7 Å². The van der Waals surface area contributed by atoms with Gasteiger partial charge in [0.2, 0.25) is 5.89 Å². The van der Waals surface area contributed by atoms with Crippen LogP contribution in [0.2, 0.25) is 5.02 Å². The smallest absolute Gasteiger partial charge is 0.308 e. The van der Waals surface area contributed by atoms with Crippen LogP contribution in [0, 0.1) is 0 Å². The second kappa shape index (κ2) is 6.31. The molecule has 1 amide bonds. The number of carbonyl (C=O) groups is 1. The number of nitrogens with one attached hydrogen (secondary N) is 1. The van der Waals surface area contributed by atoms with Crippen molar-refractivity contribution in [3.63, 3.8) is 0 Å². The van der Waals surface area contributed by atoms with E-state index in [2.05, 4.69) is 15.5 Å². The van der Waals surface area contributed by atoms with Crippen molar-refractivity contribution >= 4 is 17.5 Å². The summed E-state index contributed by atoms with van der Waals surface area (Å²) in [6, 6.07) is 7.26. The largest absolute Gasteiger partial charge is 0.417 e. The van der Waals surface area contributed by atoms with Crippen LogP contribution in [0.4, 0.5) is 0 Å². The van der Waals surface area contributed by atoms with Crippen molar-refractivity contribution in [1.82, 2.24) is 15.5 Å².